The zero-order valence-corrected chi connectivity index (χ0v) is 12.2. The fourth-order valence-corrected chi connectivity index (χ4v) is 2.16. The van der Waals surface area contributed by atoms with Gasteiger partial charge in [0.05, 0.1) is 11.9 Å². The molecule has 0 amide bonds. The van der Waals surface area contributed by atoms with Crippen molar-refractivity contribution in [2.24, 2.45) is 0 Å². The van der Waals surface area contributed by atoms with Gasteiger partial charge in [0.25, 0.3) is 0 Å². The molecule has 4 nitrogen and oxygen atoms in total. The Bertz CT molecular complexity index is 513. The van der Waals surface area contributed by atoms with Crippen molar-refractivity contribution < 1.29 is 0 Å². The maximum absolute atomic E-state index is 4.25. The van der Waals surface area contributed by atoms with Crippen LogP contribution in [0.3, 0.4) is 0 Å². The minimum atomic E-state index is 0.856. The van der Waals surface area contributed by atoms with Gasteiger partial charge in [-0.25, -0.2) is 0 Å². The molecule has 0 aliphatic carbocycles. The molecule has 0 aliphatic heterocycles. The quantitative estimate of drug-likeness (QED) is 0.785. The van der Waals surface area contributed by atoms with Crippen molar-refractivity contribution in [1.82, 2.24) is 15.3 Å². The molecule has 1 N–H and O–H groups in total. The van der Waals surface area contributed by atoms with E-state index in [4.69, 9.17) is 0 Å². The molecule has 0 spiro atoms. The van der Waals surface area contributed by atoms with Crippen LogP contribution in [0.4, 0.5) is 5.69 Å². The van der Waals surface area contributed by atoms with E-state index in [1.165, 1.54) is 16.8 Å². The van der Waals surface area contributed by atoms with Gasteiger partial charge in [0, 0.05) is 38.7 Å². The summed E-state index contributed by atoms with van der Waals surface area (Å²) < 4.78 is 0. The van der Waals surface area contributed by atoms with Crippen LogP contribution in [0.2, 0.25) is 0 Å². The fraction of sp³-hybridized carbons (Fsp3) is 0.375. The van der Waals surface area contributed by atoms with E-state index < -0.39 is 0 Å². The minimum absolute atomic E-state index is 0.856. The predicted octanol–water partition coefficient (Wildman–Crippen LogP) is 2.61. The van der Waals surface area contributed by atoms with Crippen LogP contribution in [0.1, 0.15) is 24.5 Å². The lowest BCUT2D eigenvalue weighted by atomic mass is 10.2. The summed E-state index contributed by atoms with van der Waals surface area (Å²) in [7, 11) is 2.10. The Hall–Kier alpha value is -1.94. The Morgan fingerprint density at radius 2 is 1.85 bits per heavy atom. The van der Waals surface area contributed by atoms with Crippen molar-refractivity contribution in [3.8, 4) is 0 Å². The van der Waals surface area contributed by atoms with Crippen molar-refractivity contribution in [3.05, 3.63) is 54.1 Å². The molecule has 0 radical (unpaired) electrons. The average Bonchev–Trinajstić information content (AvgIpc) is 2.49. The summed E-state index contributed by atoms with van der Waals surface area (Å²) in [6, 6.07) is 6.17. The van der Waals surface area contributed by atoms with Crippen molar-refractivity contribution in [1.29, 1.82) is 0 Å². The van der Waals surface area contributed by atoms with Gasteiger partial charge in [-0.15, -0.1) is 0 Å². The first-order valence-electron chi connectivity index (χ1n) is 7.05. The molecule has 2 rings (SSSR count). The maximum Gasteiger partial charge on any atom is 0.0598 e. The van der Waals surface area contributed by atoms with E-state index in [0.717, 1.165) is 26.1 Å². The molecule has 0 atom stereocenters. The van der Waals surface area contributed by atoms with Crippen molar-refractivity contribution in [2.45, 2.75) is 26.4 Å². The third-order valence-corrected chi connectivity index (χ3v) is 3.21. The smallest absolute Gasteiger partial charge is 0.0598 e. The van der Waals surface area contributed by atoms with Crippen molar-refractivity contribution in [2.75, 3.05) is 18.5 Å². The predicted molar refractivity (Wildman–Crippen MR) is 82.6 cm³/mol. The van der Waals surface area contributed by atoms with E-state index in [1.54, 1.807) is 0 Å². The SMILES string of the molecule is CCCNCc1ccncc1N(C)Cc1ccncc1. The van der Waals surface area contributed by atoms with Crippen LogP contribution in [0.5, 0.6) is 0 Å². The summed E-state index contributed by atoms with van der Waals surface area (Å²) in [6.45, 7) is 4.95. The third-order valence-electron chi connectivity index (χ3n) is 3.21. The Morgan fingerprint density at radius 1 is 1.10 bits per heavy atom. The van der Waals surface area contributed by atoms with E-state index in [9.17, 15) is 0 Å². The minimum Gasteiger partial charge on any atom is -0.369 e. The lowest BCUT2D eigenvalue weighted by Gasteiger charge is -2.22. The molecule has 0 aromatic carbocycles. The summed E-state index contributed by atoms with van der Waals surface area (Å²) in [4.78, 5) is 10.5. The summed E-state index contributed by atoms with van der Waals surface area (Å²) in [5, 5.41) is 3.45. The highest BCUT2D eigenvalue weighted by Crippen LogP contribution is 2.19. The van der Waals surface area contributed by atoms with Gasteiger partial charge in [0.2, 0.25) is 0 Å². The zero-order valence-electron chi connectivity index (χ0n) is 12.2. The Labute approximate surface area is 120 Å². The molecule has 20 heavy (non-hydrogen) atoms. The molecule has 0 saturated carbocycles. The fourth-order valence-electron chi connectivity index (χ4n) is 2.16. The van der Waals surface area contributed by atoms with Crippen LogP contribution in [-0.4, -0.2) is 23.6 Å². The Kier molecular flexibility index (Phi) is 5.50. The van der Waals surface area contributed by atoms with Gasteiger partial charge >= 0.3 is 0 Å². The maximum atomic E-state index is 4.25. The van der Waals surface area contributed by atoms with Gasteiger partial charge in [-0.1, -0.05) is 6.92 Å². The van der Waals surface area contributed by atoms with Crippen LogP contribution in [0, 0.1) is 0 Å². The average molecular weight is 270 g/mol. The van der Waals surface area contributed by atoms with E-state index in [2.05, 4.69) is 40.2 Å². The molecule has 0 bridgehead atoms. The van der Waals surface area contributed by atoms with Crippen LogP contribution in [0.25, 0.3) is 0 Å². The summed E-state index contributed by atoms with van der Waals surface area (Å²) in [5.41, 5.74) is 3.71. The number of anilines is 1. The van der Waals surface area contributed by atoms with E-state index in [1.807, 2.05) is 36.9 Å². The molecule has 4 heteroatoms. The molecular weight excluding hydrogens is 248 g/mol. The van der Waals surface area contributed by atoms with Gasteiger partial charge in [0.1, 0.15) is 0 Å². The highest BCUT2D eigenvalue weighted by molar-refractivity contribution is 5.51. The zero-order chi connectivity index (χ0) is 14.2. The van der Waals surface area contributed by atoms with Gasteiger partial charge in [-0.2, -0.15) is 0 Å². The Balaban J connectivity index is 2.07. The molecule has 2 heterocycles. The van der Waals surface area contributed by atoms with Gasteiger partial charge in [-0.3, -0.25) is 9.97 Å². The third kappa shape index (κ3) is 4.03. The van der Waals surface area contributed by atoms with Crippen LogP contribution < -0.4 is 10.2 Å². The monoisotopic (exact) mass is 270 g/mol. The lowest BCUT2D eigenvalue weighted by Crippen LogP contribution is -2.21. The molecule has 0 saturated heterocycles. The highest BCUT2D eigenvalue weighted by Gasteiger charge is 2.07. The van der Waals surface area contributed by atoms with Gasteiger partial charge in [0.15, 0.2) is 0 Å². The van der Waals surface area contributed by atoms with Crippen molar-refractivity contribution >= 4 is 5.69 Å². The van der Waals surface area contributed by atoms with Crippen LogP contribution in [-0.2, 0) is 13.1 Å². The normalized spacial score (nSPS) is 10.5. The number of aromatic nitrogens is 2. The molecule has 106 valence electrons. The van der Waals surface area contributed by atoms with E-state index >= 15 is 0 Å². The largest absolute Gasteiger partial charge is 0.369 e. The van der Waals surface area contributed by atoms with Gasteiger partial charge in [-0.05, 0) is 42.3 Å². The van der Waals surface area contributed by atoms with Crippen LogP contribution >= 0.6 is 0 Å². The van der Waals surface area contributed by atoms with Crippen LogP contribution in [0.15, 0.2) is 43.0 Å². The first-order chi connectivity index (χ1) is 9.81. The number of rotatable bonds is 7. The molecule has 0 unspecified atom stereocenters. The number of hydrogen-bond acceptors (Lipinski definition) is 4. The summed E-state index contributed by atoms with van der Waals surface area (Å²) >= 11 is 0. The second kappa shape index (κ2) is 7.60. The highest BCUT2D eigenvalue weighted by atomic mass is 15.1. The number of hydrogen-bond donors (Lipinski definition) is 1. The topological polar surface area (TPSA) is 41.1 Å². The molecular formula is C16H22N4. The van der Waals surface area contributed by atoms with E-state index in [-0.39, 0.29) is 0 Å². The number of pyridine rings is 2. The van der Waals surface area contributed by atoms with E-state index in [0.29, 0.717) is 0 Å². The standard InChI is InChI=1S/C16H22N4/c1-3-7-18-11-15-6-10-19-12-16(15)20(2)13-14-4-8-17-9-5-14/h4-6,8-10,12,18H,3,7,11,13H2,1-2H3. The Morgan fingerprint density at radius 3 is 2.60 bits per heavy atom. The summed E-state index contributed by atoms with van der Waals surface area (Å²) in [6.07, 6.45) is 8.59. The number of nitrogens with zero attached hydrogens (tertiary/aromatic N) is 3. The second-order valence-electron chi connectivity index (χ2n) is 4.89. The molecule has 2 aromatic rings. The lowest BCUT2D eigenvalue weighted by molar-refractivity contribution is 0.673. The number of nitrogens with one attached hydrogen (secondary N) is 1. The van der Waals surface area contributed by atoms with Gasteiger partial charge < -0.3 is 10.2 Å². The first kappa shape index (κ1) is 14.5. The molecule has 0 fully saturated rings. The first-order valence-corrected chi connectivity index (χ1v) is 7.05. The second-order valence-corrected chi connectivity index (χ2v) is 4.89. The molecule has 0 aliphatic rings. The van der Waals surface area contributed by atoms with Crippen molar-refractivity contribution in [3.63, 3.8) is 0 Å². The molecule has 2 aromatic heterocycles. The summed E-state index contributed by atoms with van der Waals surface area (Å²) in [5.74, 6) is 0.